The molecule has 5 nitrogen and oxygen atoms in total. The molecule has 5 rings (SSSR count). The monoisotopic (exact) mass is 379 g/mol. The van der Waals surface area contributed by atoms with Gasteiger partial charge in [0.15, 0.2) is 11.3 Å². The number of aromatic nitrogens is 5. The molecule has 0 spiro atoms. The molecular weight excluding hydrogens is 358 g/mol. The summed E-state index contributed by atoms with van der Waals surface area (Å²) in [6.07, 6.45) is 5.45. The van der Waals surface area contributed by atoms with Gasteiger partial charge < -0.3 is 4.57 Å². The summed E-state index contributed by atoms with van der Waals surface area (Å²) >= 11 is 0. The third-order valence-electron chi connectivity index (χ3n) is 5.33. The first-order chi connectivity index (χ1) is 14.1. The number of rotatable bonds is 3. The van der Waals surface area contributed by atoms with Crippen molar-refractivity contribution in [3.05, 3.63) is 83.9 Å². The van der Waals surface area contributed by atoms with Crippen molar-refractivity contribution in [1.82, 2.24) is 24.5 Å². The van der Waals surface area contributed by atoms with Gasteiger partial charge in [-0.15, -0.1) is 0 Å². The molecule has 3 aromatic heterocycles. The molecule has 2 aromatic carbocycles. The molecular formula is C24H21N5. The standard InChI is InChI=1S/C24H21N5/c1-15-9-16(2)11-20(10-15)22-13-26-23-24(28-22)29(14-27-23)17(3)18-6-7-21-19(12-18)5-4-8-25-21/h4-14,17H,1-3H3. The first-order valence-electron chi connectivity index (χ1n) is 9.71. The van der Waals surface area contributed by atoms with Gasteiger partial charge in [0.05, 0.1) is 29.8 Å². The molecule has 0 N–H and O–H groups in total. The lowest BCUT2D eigenvalue weighted by atomic mass is 10.0. The molecule has 0 fully saturated rings. The minimum absolute atomic E-state index is 0.0772. The van der Waals surface area contributed by atoms with Crippen LogP contribution in [0.5, 0.6) is 0 Å². The van der Waals surface area contributed by atoms with Gasteiger partial charge in [0.1, 0.15) is 0 Å². The van der Waals surface area contributed by atoms with E-state index in [9.17, 15) is 0 Å². The Balaban J connectivity index is 1.60. The van der Waals surface area contributed by atoms with E-state index in [-0.39, 0.29) is 6.04 Å². The number of fused-ring (bicyclic) bond motifs is 2. The van der Waals surface area contributed by atoms with Gasteiger partial charge in [-0.1, -0.05) is 29.3 Å². The third kappa shape index (κ3) is 3.14. The lowest BCUT2D eigenvalue weighted by Gasteiger charge is -2.15. The number of hydrogen-bond donors (Lipinski definition) is 0. The molecule has 0 saturated heterocycles. The van der Waals surface area contributed by atoms with E-state index in [4.69, 9.17) is 4.98 Å². The second-order valence-corrected chi connectivity index (χ2v) is 7.56. The van der Waals surface area contributed by atoms with Crippen LogP contribution in [0.3, 0.4) is 0 Å². The van der Waals surface area contributed by atoms with E-state index in [2.05, 4.69) is 82.8 Å². The van der Waals surface area contributed by atoms with Gasteiger partial charge in [0.25, 0.3) is 0 Å². The molecule has 142 valence electrons. The lowest BCUT2D eigenvalue weighted by molar-refractivity contribution is 0.653. The lowest BCUT2D eigenvalue weighted by Crippen LogP contribution is -2.07. The zero-order chi connectivity index (χ0) is 20.0. The summed E-state index contributed by atoms with van der Waals surface area (Å²) in [6.45, 7) is 6.36. The average Bonchev–Trinajstić information content (AvgIpc) is 3.15. The van der Waals surface area contributed by atoms with Crippen molar-refractivity contribution in [2.24, 2.45) is 0 Å². The summed E-state index contributed by atoms with van der Waals surface area (Å²) < 4.78 is 2.09. The number of aryl methyl sites for hydroxylation is 2. The van der Waals surface area contributed by atoms with E-state index in [1.807, 2.05) is 18.6 Å². The number of pyridine rings is 1. The van der Waals surface area contributed by atoms with Gasteiger partial charge in [-0.05, 0) is 56.7 Å². The summed E-state index contributed by atoms with van der Waals surface area (Å²) in [5.41, 5.74) is 8.00. The normalized spacial score (nSPS) is 12.5. The van der Waals surface area contributed by atoms with Crippen LogP contribution in [0.15, 0.2) is 67.3 Å². The minimum atomic E-state index is 0.0772. The van der Waals surface area contributed by atoms with Crippen LogP contribution in [-0.2, 0) is 0 Å². The second kappa shape index (κ2) is 6.78. The van der Waals surface area contributed by atoms with E-state index in [0.717, 1.165) is 27.8 Å². The maximum Gasteiger partial charge on any atom is 0.197 e. The van der Waals surface area contributed by atoms with E-state index in [1.165, 1.54) is 16.7 Å². The Bertz CT molecular complexity index is 1330. The first kappa shape index (κ1) is 17.5. The van der Waals surface area contributed by atoms with E-state index in [0.29, 0.717) is 5.65 Å². The predicted molar refractivity (Wildman–Crippen MR) is 116 cm³/mol. The molecule has 0 bridgehead atoms. The fraction of sp³-hybridized carbons (Fsp3) is 0.167. The molecule has 1 unspecified atom stereocenters. The number of benzene rings is 2. The Morgan fingerprint density at radius 3 is 2.55 bits per heavy atom. The van der Waals surface area contributed by atoms with Crippen LogP contribution in [0, 0.1) is 13.8 Å². The van der Waals surface area contributed by atoms with Gasteiger partial charge in [0, 0.05) is 17.1 Å². The van der Waals surface area contributed by atoms with Crippen LogP contribution >= 0.6 is 0 Å². The summed E-state index contributed by atoms with van der Waals surface area (Å²) in [5.74, 6) is 0. The molecule has 0 aliphatic carbocycles. The fourth-order valence-electron chi connectivity index (χ4n) is 3.87. The van der Waals surface area contributed by atoms with Crippen molar-refractivity contribution < 1.29 is 0 Å². The second-order valence-electron chi connectivity index (χ2n) is 7.56. The average molecular weight is 379 g/mol. The van der Waals surface area contributed by atoms with Crippen molar-refractivity contribution in [2.75, 3.05) is 0 Å². The fourth-order valence-corrected chi connectivity index (χ4v) is 3.87. The molecule has 5 aromatic rings. The van der Waals surface area contributed by atoms with Gasteiger partial charge >= 0.3 is 0 Å². The Labute approximate surface area is 169 Å². The van der Waals surface area contributed by atoms with Crippen LogP contribution in [0.1, 0.15) is 29.7 Å². The van der Waals surface area contributed by atoms with E-state index in [1.54, 1.807) is 6.20 Å². The van der Waals surface area contributed by atoms with Gasteiger partial charge in [0.2, 0.25) is 0 Å². The van der Waals surface area contributed by atoms with Gasteiger partial charge in [-0.25, -0.2) is 15.0 Å². The highest BCUT2D eigenvalue weighted by molar-refractivity contribution is 5.79. The van der Waals surface area contributed by atoms with Crippen LogP contribution in [0.2, 0.25) is 0 Å². The Hall–Kier alpha value is -3.60. The van der Waals surface area contributed by atoms with E-state index < -0.39 is 0 Å². The highest BCUT2D eigenvalue weighted by Crippen LogP contribution is 2.26. The van der Waals surface area contributed by atoms with Crippen molar-refractivity contribution in [3.8, 4) is 11.3 Å². The molecule has 0 aliphatic rings. The molecule has 29 heavy (non-hydrogen) atoms. The first-order valence-corrected chi connectivity index (χ1v) is 9.71. The summed E-state index contributed by atoms with van der Waals surface area (Å²) in [4.78, 5) is 18.4. The number of imidazole rings is 1. The molecule has 1 atom stereocenters. The summed E-state index contributed by atoms with van der Waals surface area (Å²) in [7, 11) is 0. The van der Waals surface area contributed by atoms with Crippen LogP contribution < -0.4 is 0 Å². The topological polar surface area (TPSA) is 56.5 Å². The predicted octanol–water partition coefficient (Wildman–Crippen LogP) is 5.27. The quantitative estimate of drug-likeness (QED) is 0.429. The summed E-state index contributed by atoms with van der Waals surface area (Å²) in [5, 5.41) is 1.13. The molecule has 0 aliphatic heterocycles. The zero-order valence-electron chi connectivity index (χ0n) is 16.7. The smallest absolute Gasteiger partial charge is 0.197 e. The summed E-state index contributed by atoms with van der Waals surface area (Å²) in [6, 6.07) is 16.9. The van der Waals surface area contributed by atoms with Crippen molar-refractivity contribution in [3.63, 3.8) is 0 Å². The third-order valence-corrected chi connectivity index (χ3v) is 5.33. The van der Waals surface area contributed by atoms with Crippen molar-refractivity contribution in [2.45, 2.75) is 26.8 Å². The zero-order valence-corrected chi connectivity index (χ0v) is 16.7. The number of hydrogen-bond acceptors (Lipinski definition) is 4. The Kier molecular flexibility index (Phi) is 4.09. The largest absolute Gasteiger partial charge is 0.307 e. The van der Waals surface area contributed by atoms with Crippen LogP contribution in [-0.4, -0.2) is 24.5 Å². The maximum absolute atomic E-state index is 4.92. The highest BCUT2D eigenvalue weighted by atomic mass is 15.1. The van der Waals surface area contributed by atoms with Crippen molar-refractivity contribution >= 4 is 22.2 Å². The van der Waals surface area contributed by atoms with Gasteiger partial charge in [-0.3, -0.25) is 4.98 Å². The van der Waals surface area contributed by atoms with E-state index >= 15 is 0 Å². The Morgan fingerprint density at radius 2 is 1.72 bits per heavy atom. The highest BCUT2D eigenvalue weighted by Gasteiger charge is 2.15. The molecule has 0 amide bonds. The number of nitrogens with zero attached hydrogens (tertiary/aromatic N) is 5. The van der Waals surface area contributed by atoms with Crippen LogP contribution in [0.25, 0.3) is 33.5 Å². The molecule has 5 heteroatoms. The minimum Gasteiger partial charge on any atom is -0.307 e. The maximum atomic E-state index is 4.92. The SMILES string of the molecule is Cc1cc(C)cc(-c2cnc3ncn(C(C)c4ccc5ncccc5c4)c3n2)c1. The molecule has 0 saturated carbocycles. The molecule has 0 radical (unpaired) electrons. The van der Waals surface area contributed by atoms with Crippen molar-refractivity contribution in [1.29, 1.82) is 0 Å². The molecule has 3 heterocycles. The Morgan fingerprint density at radius 1 is 0.897 bits per heavy atom. The van der Waals surface area contributed by atoms with Gasteiger partial charge in [-0.2, -0.15) is 0 Å². The van der Waals surface area contributed by atoms with Crippen LogP contribution in [0.4, 0.5) is 0 Å².